The normalized spacial score (nSPS) is 10.5. The molecular weight excluding hydrogens is 455 g/mol. The molecule has 0 aliphatic carbocycles. The fraction of sp³-hybridized carbons (Fsp3) is 0.0667. The first-order chi connectivity index (χ1) is 12.6. The van der Waals surface area contributed by atoms with Gasteiger partial charge < -0.3 is 10.1 Å². The van der Waals surface area contributed by atoms with Gasteiger partial charge in [0.25, 0.3) is 5.91 Å². The van der Waals surface area contributed by atoms with Crippen LogP contribution in [0.2, 0.25) is 15.1 Å². The maximum atomic E-state index is 13.9. The van der Waals surface area contributed by atoms with E-state index in [1.54, 1.807) is 0 Å². The number of hydrogen-bond acceptors (Lipinski definition) is 3. The summed E-state index contributed by atoms with van der Waals surface area (Å²) in [4.78, 5) is 12.0. The van der Waals surface area contributed by atoms with E-state index in [1.165, 1.54) is 12.1 Å². The van der Waals surface area contributed by atoms with Crippen molar-refractivity contribution in [2.75, 3.05) is 12.4 Å². The number of benzene rings is 2. The van der Waals surface area contributed by atoms with E-state index in [4.69, 9.17) is 47.0 Å². The van der Waals surface area contributed by atoms with Gasteiger partial charge in [0.1, 0.15) is 5.56 Å². The topological polar surface area (TPSA) is 50.4 Å². The second-order valence-corrected chi connectivity index (χ2v) is 6.48. The lowest BCUT2D eigenvalue weighted by atomic mass is 10.1. The van der Waals surface area contributed by atoms with Crippen LogP contribution in [-0.2, 0) is 0 Å². The standard InChI is InChI=1S/C15H7Cl3F4N2O2S/c1-26-13-10(21)8(19)7(9(20)11(13)22)14(25)24-15(27)23-12-5(17)2-4(16)3-6(12)18/h2-3H,1H3,(H2,23,24,25,27). The maximum Gasteiger partial charge on any atom is 0.263 e. The zero-order chi connectivity index (χ0) is 20.5. The Balaban J connectivity index is 2.30. The van der Waals surface area contributed by atoms with Crippen molar-refractivity contribution in [1.29, 1.82) is 0 Å². The SMILES string of the molecule is COc1c(F)c(F)c(C(=O)NC(=S)Nc2c(Cl)cc(Cl)cc2Cl)c(F)c1F. The van der Waals surface area contributed by atoms with E-state index in [9.17, 15) is 22.4 Å². The van der Waals surface area contributed by atoms with E-state index in [0.717, 1.165) is 7.11 Å². The van der Waals surface area contributed by atoms with Crippen molar-refractivity contribution in [3.63, 3.8) is 0 Å². The lowest BCUT2D eigenvalue weighted by Crippen LogP contribution is -2.35. The summed E-state index contributed by atoms with van der Waals surface area (Å²) in [5.74, 6) is -10.5. The Hall–Kier alpha value is -1.81. The predicted octanol–water partition coefficient (Wildman–Crippen LogP) is 5.34. The number of methoxy groups -OCH3 is 1. The van der Waals surface area contributed by atoms with Gasteiger partial charge in [-0.1, -0.05) is 34.8 Å². The highest BCUT2D eigenvalue weighted by atomic mass is 35.5. The molecule has 0 saturated heterocycles. The number of hydrogen-bond donors (Lipinski definition) is 2. The Morgan fingerprint density at radius 1 is 1.00 bits per heavy atom. The van der Waals surface area contributed by atoms with E-state index in [2.05, 4.69) is 10.1 Å². The minimum atomic E-state index is -1.95. The lowest BCUT2D eigenvalue weighted by molar-refractivity contribution is 0.0966. The first-order valence-corrected chi connectivity index (χ1v) is 8.29. The fourth-order valence-electron chi connectivity index (χ4n) is 1.96. The van der Waals surface area contributed by atoms with Crippen LogP contribution in [0, 0.1) is 23.3 Å². The lowest BCUT2D eigenvalue weighted by Gasteiger charge is -2.14. The second-order valence-electron chi connectivity index (χ2n) is 4.82. The zero-order valence-electron chi connectivity index (χ0n) is 13.0. The van der Waals surface area contributed by atoms with Gasteiger partial charge >= 0.3 is 0 Å². The van der Waals surface area contributed by atoms with E-state index in [1.807, 2.05) is 5.32 Å². The summed E-state index contributed by atoms with van der Waals surface area (Å²) in [6.07, 6.45) is 0. The van der Waals surface area contributed by atoms with Crippen molar-refractivity contribution >= 4 is 63.7 Å². The van der Waals surface area contributed by atoms with Crippen LogP contribution in [0.25, 0.3) is 0 Å². The van der Waals surface area contributed by atoms with Crippen LogP contribution in [-0.4, -0.2) is 18.1 Å². The highest BCUT2D eigenvalue weighted by molar-refractivity contribution is 7.80. The molecule has 2 aromatic carbocycles. The van der Waals surface area contributed by atoms with Gasteiger partial charge in [0.2, 0.25) is 11.6 Å². The molecule has 2 aromatic rings. The minimum Gasteiger partial charge on any atom is -0.491 e. The molecule has 12 heteroatoms. The number of carbonyl (C=O) groups excluding carboxylic acids is 1. The second kappa shape index (κ2) is 8.47. The third-order valence-corrected chi connectivity index (χ3v) is 4.15. The number of amides is 1. The van der Waals surface area contributed by atoms with Crippen LogP contribution < -0.4 is 15.4 Å². The number of halogens is 7. The van der Waals surface area contributed by atoms with Gasteiger partial charge in [-0.25, -0.2) is 8.78 Å². The van der Waals surface area contributed by atoms with Gasteiger partial charge in [0.05, 0.1) is 22.8 Å². The summed E-state index contributed by atoms with van der Waals surface area (Å²) < 4.78 is 59.5. The molecule has 0 bridgehead atoms. The molecule has 4 nitrogen and oxygen atoms in total. The molecule has 2 rings (SSSR count). The number of carbonyl (C=O) groups is 1. The minimum absolute atomic E-state index is 0.0306. The molecule has 0 aromatic heterocycles. The van der Waals surface area contributed by atoms with E-state index >= 15 is 0 Å². The molecule has 1 amide bonds. The average Bonchev–Trinajstić information content (AvgIpc) is 2.57. The van der Waals surface area contributed by atoms with Gasteiger partial charge in [0.15, 0.2) is 22.5 Å². The van der Waals surface area contributed by atoms with Crippen molar-refractivity contribution in [3.05, 3.63) is 56.0 Å². The predicted molar refractivity (Wildman–Crippen MR) is 98.0 cm³/mol. The van der Waals surface area contributed by atoms with Gasteiger partial charge in [-0.05, 0) is 24.4 Å². The van der Waals surface area contributed by atoms with Crippen molar-refractivity contribution in [2.24, 2.45) is 0 Å². The van der Waals surface area contributed by atoms with Crippen molar-refractivity contribution in [2.45, 2.75) is 0 Å². The third-order valence-electron chi connectivity index (χ3n) is 3.13. The Morgan fingerprint density at radius 2 is 1.48 bits per heavy atom. The molecule has 0 radical (unpaired) electrons. The molecule has 2 N–H and O–H groups in total. The van der Waals surface area contributed by atoms with Gasteiger partial charge in [-0.2, -0.15) is 8.78 Å². The van der Waals surface area contributed by atoms with Gasteiger partial charge in [0, 0.05) is 5.02 Å². The van der Waals surface area contributed by atoms with E-state index in [-0.39, 0.29) is 20.8 Å². The summed E-state index contributed by atoms with van der Waals surface area (Å²) in [5, 5.41) is 4.06. The van der Waals surface area contributed by atoms with Crippen LogP contribution in [0.15, 0.2) is 12.1 Å². The smallest absolute Gasteiger partial charge is 0.263 e. The summed E-state index contributed by atoms with van der Waals surface area (Å²) >= 11 is 22.4. The largest absolute Gasteiger partial charge is 0.491 e. The Morgan fingerprint density at radius 3 is 1.93 bits per heavy atom. The number of ether oxygens (including phenoxy) is 1. The van der Waals surface area contributed by atoms with Crippen LogP contribution in [0.1, 0.15) is 10.4 Å². The van der Waals surface area contributed by atoms with Crippen molar-refractivity contribution in [1.82, 2.24) is 5.32 Å². The molecule has 0 unspecified atom stereocenters. The van der Waals surface area contributed by atoms with Crippen LogP contribution in [0.4, 0.5) is 23.2 Å². The molecule has 0 spiro atoms. The van der Waals surface area contributed by atoms with Crippen LogP contribution in [0.3, 0.4) is 0 Å². The van der Waals surface area contributed by atoms with Crippen molar-refractivity contribution < 1.29 is 27.1 Å². The fourth-order valence-corrected chi connectivity index (χ4v) is 3.07. The molecule has 0 atom stereocenters. The Kier molecular flexibility index (Phi) is 6.74. The molecular formula is C15H7Cl3F4N2O2S. The van der Waals surface area contributed by atoms with Crippen molar-refractivity contribution in [3.8, 4) is 5.75 Å². The number of anilines is 1. The maximum absolute atomic E-state index is 13.9. The molecule has 0 aliphatic heterocycles. The summed E-state index contributed by atoms with van der Waals surface area (Å²) in [7, 11) is 0.804. The van der Waals surface area contributed by atoms with Gasteiger partial charge in [-0.15, -0.1) is 0 Å². The van der Waals surface area contributed by atoms with Crippen LogP contribution in [0.5, 0.6) is 5.75 Å². The highest BCUT2D eigenvalue weighted by Gasteiger charge is 2.30. The Bertz CT molecular complexity index is 907. The summed E-state index contributed by atoms with van der Waals surface area (Å²) in [6, 6.07) is 2.63. The third kappa shape index (κ3) is 4.37. The first kappa shape index (κ1) is 21.5. The quantitative estimate of drug-likeness (QED) is 0.368. The average molecular weight is 462 g/mol. The number of rotatable bonds is 3. The van der Waals surface area contributed by atoms with E-state index in [0.29, 0.717) is 0 Å². The molecule has 0 fully saturated rings. The van der Waals surface area contributed by atoms with E-state index < -0.39 is 45.6 Å². The summed E-state index contributed by atoms with van der Waals surface area (Å²) in [5.41, 5.74) is -1.48. The molecule has 144 valence electrons. The highest BCUT2D eigenvalue weighted by Crippen LogP contribution is 2.34. The summed E-state index contributed by atoms with van der Waals surface area (Å²) in [6.45, 7) is 0. The Labute approximate surface area is 170 Å². The molecule has 27 heavy (non-hydrogen) atoms. The zero-order valence-corrected chi connectivity index (χ0v) is 16.1. The molecule has 0 heterocycles. The number of nitrogens with one attached hydrogen (secondary N) is 2. The van der Waals surface area contributed by atoms with Crippen LogP contribution >= 0.6 is 47.0 Å². The molecule has 0 saturated carbocycles. The number of thiocarbonyl (C=S) groups is 1. The van der Waals surface area contributed by atoms with Gasteiger partial charge in [-0.3, -0.25) is 10.1 Å². The first-order valence-electron chi connectivity index (χ1n) is 6.75. The monoisotopic (exact) mass is 460 g/mol. The molecule has 0 aliphatic rings.